The Hall–Kier alpha value is -2.29. The Balaban J connectivity index is 2.26. The van der Waals surface area contributed by atoms with E-state index < -0.39 is 0 Å². The van der Waals surface area contributed by atoms with E-state index in [9.17, 15) is 0 Å². The van der Waals surface area contributed by atoms with Gasteiger partial charge in [-0.05, 0) is 35.2 Å². The van der Waals surface area contributed by atoms with E-state index in [1.807, 2.05) is 55.5 Å². The van der Waals surface area contributed by atoms with Crippen LogP contribution in [0, 0.1) is 0 Å². The highest BCUT2D eigenvalue weighted by Crippen LogP contribution is 2.23. The van der Waals surface area contributed by atoms with Gasteiger partial charge in [0.2, 0.25) is 0 Å². The van der Waals surface area contributed by atoms with Crippen molar-refractivity contribution in [3.63, 3.8) is 0 Å². The maximum atomic E-state index is 8.90. The summed E-state index contributed by atoms with van der Waals surface area (Å²) in [7, 11) is 1.66. The van der Waals surface area contributed by atoms with Crippen molar-refractivity contribution in [1.82, 2.24) is 0 Å². The molecule has 0 saturated carbocycles. The first-order valence-corrected chi connectivity index (χ1v) is 6.24. The van der Waals surface area contributed by atoms with Crippen LogP contribution in [0.3, 0.4) is 0 Å². The van der Waals surface area contributed by atoms with Gasteiger partial charge in [0.25, 0.3) is 0 Å². The number of nitrogens with zero attached hydrogens (tertiary/aromatic N) is 1. The van der Waals surface area contributed by atoms with Crippen molar-refractivity contribution in [2.75, 3.05) is 7.11 Å². The van der Waals surface area contributed by atoms with Crippen molar-refractivity contribution in [3.8, 4) is 16.9 Å². The fourth-order valence-electron chi connectivity index (χ4n) is 1.97. The fourth-order valence-corrected chi connectivity index (χ4v) is 1.97. The third-order valence-electron chi connectivity index (χ3n) is 3.10. The van der Waals surface area contributed by atoms with E-state index in [0.717, 1.165) is 22.4 Å². The molecule has 0 aliphatic rings. The molecule has 19 heavy (non-hydrogen) atoms. The lowest BCUT2D eigenvalue weighted by Gasteiger charge is -2.06. The molecule has 2 aromatic rings. The summed E-state index contributed by atoms with van der Waals surface area (Å²) in [5.74, 6) is 0.848. The average Bonchev–Trinajstić information content (AvgIpc) is 2.49. The highest BCUT2D eigenvalue weighted by molar-refractivity contribution is 6.00. The predicted molar refractivity (Wildman–Crippen MR) is 77.0 cm³/mol. The maximum Gasteiger partial charge on any atom is 0.118 e. The van der Waals surface area contributed by atoms with E-state index in [0.29, 0.717) is 12.1 Å². The Morgan fingerprint density at radius 3 is 1.95 bits per heavy atom. The molecule has 0 atom stereocenters. The molecule has 0 aromatic heterocycles. The number of benzene rings is 2. The van der Waals surface area contributed by atoms with Gasteiger partial charge in [0.15, 0.2) is 0 Å². The summed E-state index contributed by atoms with van der Waals surface area (Å²) >= 11 is 0. The first-order valence-electron chi connectivity index (χ1n) is 6.24. The second-order valence-corrected chi connectivity index (χ2v) is 4.21. The molecule has 0 amide bonds. The highest BCUT2D eigenvalue weighted by Gasteiger charge is 2.03. The second kappa shape index (κ2) is 6.05. The fraction of sp³-hybridized carbons (Fsp3) is 0.188. The summed E-state index contributed by atoms with van der Waals surface area (Å²) in [6.07, 6.45) is 0.707. The van der Waals surface area contributed by atoms with Crippen molar-refractivity contribution in [2.45, 2.75) is 13.3 Å². The third-order valence-corrected chi connectivity index (χ3v) is 3.10. The molecular formula is C16H17NO2. The SMILES string of the molecule is CCC(=NO)c1ccc(-c2ccc(OC)cc2)cc1. The quantitative estimate of drug-likeness (QED) is 0.510. The van der Waals surface area contributed by atoms with Crippen LogP contribution in [0.4, 0.5) is 0 Å². The van der Waals surface area contributed by atoms with E-state index >= 15 is 0 Å². The van der Waals surface area contributed by atoms with Crippen LogP contribution in [0.1, 0.15) is 18.9 Å². The summed E-state index contributed by atoms with van der Waals surface area (Å²) in [4.78, 5) is 0. The molecule has 0 heterocycles. The van der Waals surface area contributed by atoms with Crippen LogP contribution in [0.2, 0.25) is 0 Å². The number of ether oxygens (including phenoxy) is 1. The van der Waals surface area contributed by atoms with E-state index in [1.54, 1.807) is 7.11 Å². The van der Waals surface area contributed by atoms with E-state index in [1.165, 1.54) is 0 Å². The van der Waals surface area contributed by atoms with Gasteiger partial charge >= 0.3 is 0 Å². The molecule has 3 nitrogen and oxygen atoms in total. The summed E-state index contributed by atoms with van der Waals surface area (Å²) < 4.78 is 5.14. The summed E-state index contributed by atoms with van der Waals surface area (Å²) in [5, 5.41) is 12.2. The van der Waals surface area contributed by atoms with Crippen LogP contribution in [0.15, 0.2) is 53.7 Å². The predicted octanol–water partition coefficient (Wildman–Crippen LogP) is 3.95. The Morgan fingerprint density at radius 1 is 1.00 bits per heavy atom. The molecule has 0 saturated heterocycles. The van der Waals surface area contributed by atoms with Crippen molar-refractivity contribution in [3.05, 3.63) is 54.1 Å². The molecule has 0 aliphatic heterocycles. The topological polar surface area (TPSA) is 41.8 Å². The van der Waals surface area contributed by atoms with Gasteiger partial charge in [-0.3, -0.25) is 0 Å². The largest absolute Gasteiger partial charge is 0.497 e. The van der Waals surface area contributed by atoms with Gasteiger partial charge in [0, 0.05) is 0 Å². The van der Waals surface area contributed by atoms with E-state index in [2.05, 4.69) is 5.16 Å². The minimum atomic E-state index is 0.696. The third kappa shape index (κ3) is 2.94. The van der Waals surface area contributed by atoms with Crippen molar-refractivity contribution in [2.24, 2.45) is 5.16 Å². The molecular weight excluding hydrogens is 238 g/mol. The number of oxime groups is 1. The van der Waals surface area contributed by atoms with Crippen LogP contribution in [0.25, 0.3) is 11.1 Å². The lowest BCUT2D eigenvalue weighted by molar-refractivity contribution is 0.318. The van der Waals surface area contributed by atoms with Gasteiger partial charge in [-0.25, -0.2) is 0 Å². The van der Waals surface area contributed by atoms with E-state index in [-0.39, 0.29) is 0 Å². The molecule has 2 rings (SSSR count). The van der Waals surface area contributed by atoms with Gasteiger partial charge in [-0.1, -0.05) is 48.5 Å². The van der Waals surface area contributed by atoms with Gasteiger partial charge in [0.1, 0.15) is 5.75 Å². The molecule has 0 aliphatic carbocycles. The Labute approximate surface area is 113 Å². The molecule has 0 unspecified atom stereocenters. The minimum Gasteiger partial charge on any atom is -0.497 e. The molecule has 0 spiro atoms. The molecule has 0 radical (unpaired) electrons. The Bertz CT molecular complexity index is 556. The van der Waals surface area contributed by atoms with Crippen LogP contribution < -0.4 is 4.74 Å². The summed E-state index contributed by atoms with van der Waals surface area (Å²) in [6.45, 7) is 1.96. The van der Waals surface area contributed by atoms with Crippen LogP contribution in [0.5, 0.6) is 5.75 Å². The van der Waals surface area contributed by atoms with Crippen LogP contribution in [-0.4, -0.2) is 18.0 Å². The number of hydrogen-bond acceptors (Lipinski definition) is 3. The number of hydrogen-bond donors (Lipinski definition) is 1. The van der Waals surface area contributed by atoms with Gasteiger partial charge in [0.05, 0.1) is 12.8 Å². The first kappa shape index (κ1) is 13.1. The second-order valence-electron chi connectivity index (χ2n) is 4.21. The lowest BCUT2D eigenvalue weighted by Crippen LogP contribution is -1.98. The molecule has 2 aromatic carbocycles. The van der Waals surface area contributed by atoms with Crippen molar-refractivity contribution in [1.29, 1.82) is 0 Å². The van der Waals surface area contributed by atoms with Gasteiger partial charge < -0.3 is 9.94 Å². The smallest absolute Gasteiger partial charge is 0.118 e. The normalized spacial score (nSPS) is 11.4. The zero-order valence-electron chi connectivity index (χ0n) is 11.1. The molecule has 0 bridgehead atoms. The van der Waals surface area contributed by atoms with Gasteiger partial charge in [-0.15, -0.1) is 0 Å². The van der Waals surface area contributed by atoms with Crippen molar-refractivity contribution < 1.29 is 9.94 Å². The molecule has 1 N–H and O–H groups in total. The highest BCUT2D eigenvalue weighted by atomic mass is 16.5. The first-order chi connectivity index (χ1) is 9.28. The zero-order chi connectivity index (χ0) is 13.7. The van der Waals surface area contributed by atoms with Crippen LogP contribution >= 0.6 is 0 Å². The zero-order valence-corrected chi connectivity index (χ0v) is 11.1. The van der Waals surface area contributed by atoms with Gasteiger partial charge in [-0.2, -0.15) is 0 Å². The monoisotopic (exact) mass is 255 g/mol. The number of rotatable bonds is 4. The Kier molecular flexibility index (Phi) is 4.18. The molecule has 98 valence electrons. The summed E-state index contributed by atoms with van der Waals surface area (Å²) in [5.41, 5.74) is 3.90. The summed E-state index contributed by atoms with van der Waals surface area (Å²) in [6, 6.07) is 15.9. The minimum absolute atomic E-state index is 0.696. The standard InChI is InChI=1S/C16H17NO2/c1-3-16(17-18)14-6-4-12(5-7-14)13-8-10-15(19-2)11-9-13/h4-11,18H,3H2,1-2H3. The Morgan fingerprint density at radius 2 is 1.53 bits per heavy atom. The molecule has 0 fully saturated rings. The van der Waals surface area contributed by atoms with Crippen LogP contribution in [-0.2, 0) is 0 Å². The lowest BCUT2D eigenvalue weighted by atomic mass is 10.0. The average molecular weight is 255 g/mol. The van der Waals surface area contributed by atoms with Crippen molar-refractivity contribution >= 4 is 5.71 Å². The van der Waals surface area contributed by atoms with E-state index in [4.69, 9.17) is 9.94 Å². The maximum absolute atomic E-state index is 8.90. The molecule has 3 heteroatoms. The number of methoxy groups -OCH3 is 1.